The van der Waals surface area contributed by atoms with Gasteiger partial charge in [0, 0.05) is 51.8 Å². The molecule has 7 nitrogen and oxygen atoms in total. The normalized spacial score (nSPS) is 17.0. The molecule has 1 fully saturated rings. The molecule has 2 aromatic rings. The first-order valence-corrected chi connectivity index (χ1v) is 8.68. The molecule has 1 aliphatic rings. The molecule has 1 aliphatic heterocycles. The first-order valence-electron chi connectivity index (χ1n) is 8.68. The van der Waals surface area contributed by atoms with Gasteiger partial charge in [0.05, 0.1) is 5.56 Å². The zero-order chi connectivity index (χ0) is 19.6. The van der Waals surface area contributed by atoms with Crippen molar-refractivity contribution < 1.29 is 14.0 Å². The molecule has 1 saturated heterocycles. The zero-order valence-electron chi connectivity index (χ0n) is 15.6. The second-order valence-corrected chi connectivity index (χ2v) is 6.69. The Bertz CT molecular complexity index is 823. The summed E-state index contributed by atoms with van der Waals surface area (Å²) in [6.45, 7) is 2.99. The van der Waals surface area contributed by atoms with E-state index in [4.69, 9.17) is 0 Å². The van der Waals surface area contributed by atoms with Crippen molar-refractivity contribution in [3.63, 3.8) is 0 Å². The van der Waals surface area contributed by atoms with E-state index in [1.807, 2.05) is 4.90 Å². The summed E-state index contributed by atoms with van der Waals surface area (Å²) in [5.74, 6) is -0.168. The van der Waals surface area contributed by atoms with Crippen LogP contribution in [-0.2, 0) is 4.79 Å². The maximum Gasteiger partial charge on any atom is 0.257 e. The molecule has 0 saturated carbocycles. The molecule has 3 rings (SSSR count). The molecule has 8 heteroatoms. The summed E-state index contributed by atoms with van der Waals surface area (Å²) in [6, 6.07) is 5.49. The van der Waals surface area contributed by atoms with E-state index in [2.05, 4.69) is 9.97 Å². The van der Waals surface area contributed by atoms with E-state index in [0.717, 1.165) is 5.69 Å². The predicted molar refractivity (Wildman–Crippen MR) is 98.9 cm³/mol. The summed E-state index contributed by atoms with van der Waals surface area (Å²) in [7, 11) is 3.33. The van der Waals surface area contributed by atoms with Gasteiger partial charge < -0.3 is 14.7 Å². The Kier molecular flexibility index (Phi) is 5.34. The Morgan fingerprint density at radius 3 is 2.33 bits per heavy atom. The Morgan fingerprint density at radius 2 is 1.74 bits per heavy atom. The maximum absolute atomic E-state index is 13.2. The van der Waals surface area contributed by atoms with Crippen molar-refractivity contribution in [2.45, 2.75) is 13.0 Å². The molecular formula is C19H22FN5O2. The van der Waals surface area contributed by atoms with Gasteiger partial charge in [-0.25, -0.2) is 14.4 Å². The molecule has 2 amide bonds. The smallest absolute Gasteiger partial charge is 0.257 e. The lowest BCUT2D eigenvalue weighted by Crippen LogP contribution is -2.60. The number of aromatic nitrogens is 2. The molecule has 2 heterocycles. The number of nitrogens with zero attached hydrogens (tertiary/aromatic N) is 5. The molecule has 1 atom stereocenters. The fraction of sp³-hybridized carbons (Fsp3) is 0.368. The highest BCUT2D eigenvalue weighted by molar-refractivity contribution is 5.97. The quantitative estimate of drug-likeness (QED) is 0.815. The van der Waals surface area contributed by atoms with Gasteiger partial charge in [-0.1, -0.05) is 0 Å². The van der Waals surface area contributed by atoms with Gasteiger partial charge >= 0.3 is 0 Å². The molecule has 0 N–H and O–H groups in total. The molecule has 0 bridgehead atoms. The Hall–Kier alpha value is -3.03. The first-order chi connectivity index (χ1) is 12.9. The van der Waals surface area contributed by atoms with Gasteiger partial charge in [0.2, 0.25) is 5.91 Å². The summed E-state index contributed by atoms with van der Waals surface area (Å²) < 4.78 is 13.2. The van der Waals surface area contributed by atoms with Crippen LogP contribution in [-0.4, -0.2) is 71.4 Å². The van der Waals surface area contributed by atoms with E-state index in [-0.39, 0.29) is 17.6 Å². The predicted octanol–water partition coefficient (Wildman–Crippen LogP) is 1.34. The van der Waals surface area contributed by atoms with Gasteiger partial charge in [0.25, 0.3) is 5.91 Å². The lowest BCUT2D eigenvalue weighted by molar-refractivity contribution is -0.133. The number of aryl methyl sites for hydroxylation is 1. The molecule has 0 radical (unpaired) electrons. The fourth-order valence-corrected chi connectivity index (χ4v) is 3.09. The summed E-state index contributed by atoms with van der Waals surface area (Å²) >= 11 is 0. The summed E-state index contributed by atoms with van der Waals surface area (Å²) in [4.78, 5) is 38.9. The van der Waals surface area contributed by atoms with E-state index in [9.17, 15) is 14.0 Å². The minimum absolute atomic E-state index is 0.164. The van der Waals surface area contributed by atoms with E-state index < -0.39 is 6.04 Å². The number of benzene rings is 1. The van der Waals surface area contributed by atoms with Gasteiger partial charge in [-0.3, -0.25) is 9.59 Å². The van der Waals surface area contributed by atoms with Crippen LogP contribution < -0.4 is 4.90 Å². The molecule has 0 aliphatic carbocycles. The van der Waals surface area contributed by atoms with Crippen LogP contribution in [0.3, 0.4) is 0 Å². The van der Waals surface area contributed by atoms with E-state index in [1.54, 1.807) is 38.1 Å². The molecule has 1 aromatic carbocycles. The highest BCUT2D eigenvalue weighted by Gasteiger charge is 2.36. The average molecular weight is 371 g/mol. The van der Waals surface area contributed by atoms with Gasteiger partial charge in [0.1, 0.15) is 17.7 Å². The first kappa shape index (κ1) is 18.8. The van der Waals surface area contributed by atoms with Crippen molar-refractivity contribution in [2.75, 3.05) is 38.6 Å². The standard InChI is InChI=1S/C19H22FN5O2/c1-13-21-10-14(11-22-13)18(26)25-9-8-24(12-17(25)19(27)23(2)3)16-6-4-15(20)5-7-16/h4-7,10-11,17H,8-9,12H2,1-3H3. The molecule has 1 aromatic heterocycles. The van der Waals surface area contributed by atoms with Crippen molar-refractivity contribution in [1.82, 2.24) is 19.8 Å². The molecule has 142 valence electrons. The minimum atomic E-state index is -0.646. The summed E-state index contributed by atoms with van der Waals surface area (Å²) in [6.07, 6.45) is 2.96. The third kappa shape index (κ3) is 4.05. The van der Waals surface area contributed by atoms with Crippen LogP contribution in [0.2, 0.25) is 0 Å². The van der Waals surface area contributed by atoms with Crippen LogP contribution in [0.1, 0.15) is 16.2 Å². The Labute approximate surface area is 157 Å². The second kappa shape index (κ2) is 7.69. The third-order valence-corrected chi connectivity index (χ3v) is 4.59. The van der Waals surface area contributed by atoms with Crippen LogP contribution in [0, 0.1) is 12.7 Å². The number of hydrogen-bond donors (Lipinski definition) is 0. The minimum Gasteiger partial charge on any atom is -0.367 e. The Balaban J connectivity index is 1.85. The van der Waals surface area contributed by atoms with Crippen LogP contribution in [0.15, 0.2) is 36.7 Å². The molecule has 27 heavy (non-hydrogen) atoms. The van der Waals surface area contributed by atoms with Crippen LogP contribution in [0.5, 0.6) is 0 Å². The van der Waals surface area contributed by atoms with Gasteiger partial charge in [-0.05, 0) is 31.2 Å². The fourth-order valence-electron chi connectivity index (χ4n) is 3.09. The number of likely N-dealkylation sites (N-methyl/N-ethyl adjacent to an activating group) is 1. The average Bonchev–Trinajstić information content (AvgIpc) is 2.67. The van der Waals surface area contributed by atoms with Crippen LogP contribution >= 0.6 is 0 Å². The summed E-state index contributed by atoms with van der Waals surface area (Å²) in [5, 5.41) is 0. The number of rotatable bonds is 3. The topological polar surface area (TPSA) is 69.6 Å². The monoisotopic (exact) mass is 371 g/mol. The number of halogens is 1. The van der Waals surface area contributed by atoms with Crippen molar-refractivity contribution >= 4 is 17.5 Å². The van der Waals surface area contributed by atoms with Crippen molar-refractivity contribution in [2.24, 2.45) is 0 Å². The number of carbonyl (C=O) groups excluding carboxylic acids is 2. The third-order valence-electron chi connectivity index (χ3n) is 4.59. The number of hydrogen-bond acceptors (Lipinski definition) is 5. The van der Waals surface area contributed by atoms with Crippen molar-refractivity contribution in [1.29, 1.82) is 0 Å². The molecule has 1 unspecified atom stereocenters. The SMILES string of the molecule is Cc1ncc(C(=O)N2CCN(c3ccc(F)cc3)CC2C(=O)N(C)C)cn1. The largest absolute Gasteiger partial charge is 0.367 e. The van der Waals surface area contributed by atoms with Crippen molar-refractivity contribution in [3.8, 4) is 0 Å². The van der Waals surface area contributed by atoms with Gasteiger partial charge in [0.15, 0.2) is 0 Å². The summed E-state index contributed by atoms with van der Waals surface area (Å²) in [5.41, 5.74) is 1.17. The van der Waals surface area contributed by atoms with E-state index in [0.29, 0.717) is 31.0 Å². The van der Waals surface area contributed by atoms with Crippen molar-refractivity contribution in [3.05, 3.63) is 53.9 Å². The zero-order valence-corrected chi connectivity index (χ0v) is 15.6. The van der Waals surface area contributed by atoms with Crippen LogP contribution in [0.25, 0.3) is 0 Å². The maximum atomic E-state index is 13.2. The number of carbonyl (C=O) groups is 2. The Morgan fingerprint density at radius 1 is 1.11 bits per heavy atom. The highest BCUT2D eigenvalue weighted by atomic mass is 19.1. The van der Waals surface area contributed by atoms with E-state index >= 15 is 0 Å². The lowest BCUT2D eigenvalue weighted by atomic mass is 10.1. The molecule has 0 spiro atoms. The van der Waals surface area contributed by atoms with E-state index in [1.165, 1.54) is 29.4 Å². The van der Waals surface area contributed by atoms with Crippen LogP contribution in [0.4, 0.5) is 10.1 Å². The number of piperazine rings is 1. The van der Waals surface area contributed by atoms with Gasteiger partial charge in [-0.2, -0.15) is 0 Å². The lowest BCUT2D eigenvalue weighted by Gasteiger charge is -2.42. The second-order valence-electron chi connectivity index (χ2n) is 6.69. The number of amides is 2. The highest BCUT2D eigenvalue weighted by Crippen LogP contribution is 2.22. The molecular weight excluding hydrogens is 349 g/mol. The number of anilines is 1. The van der Waals surface area contributed by atoms with Gasteiger partial charge in [-0.15, -0.1) is 0 Å².